The van der Waals surface area contributed by atoms with Gasteiger partial charge in [0.25, 0.3) is 0 Å². The summed E-state index contributed by atoms with van der Waals surface area (Å²) in [5.74, 6) is 0.617. The third-order valence-electron chi connectivity index (χ3n) is 5.47. The van der Waals surface area contributed by atoms with E-state index in [0.717, 1.165) is 12.5 Å². The monoisotopic (exact) mass is 258 g/mol. The average molecular weight is 258 g/mol. The van der Waals surface area contributed by atoms with E-state index >= 15 is 0 Å². The second kappa shape index (κ2) is 5.26. The van der Waals surface area contributed by atoms with Gasteiger partial charge < -0.3 is 5.73 Å². The smallest absolute Gasteiger partial charge is 0.0142 e. The van der Waals surface area contributed by atoms with Gasteiger partial charge in [-0.1, -0.05) is 31.2 Å². The Balaban J connectivity index is 1.74. The highest BCUT2D eigenvalue weighted by Crippen LogP contribution is 2.30. The standard InChI is InChI=1S/C17H26N2/c1-12-13(2)19(10-9-17(12)18)16-8-7-14-5-3-4-6-15(14)11-16/h3-6,12-13,16-17H,7-11,18H2,1-2H3. The van der Waals surface area contributed by atoms with Crippen LogP contribution in [0.15, 0.2) is 24.3 Å². The number of nitrogens with zero attached hydrogens (tertiary/aromatic N) is 1. The lowest BCUT2D eigenvalue weighted by atomic mass is 9.82. The van der Waals surface area contributed by atoms with Crippen LogP contribution in [0, 0.1) is 5.92 Å². The van der Waals surface area contributed by atoms with Crippen LogP contribution in [-0.4, -0.2) is 29.6 Å². The van der Waals surface area contributed by atoms with Crippen LogP contribution in [0.4, 0.5) is 0 Å². The lowest BCUT2D eigenvalue weighted by Gasteiger charge is -2.46. The van der Waals surface area contributed by atoms with Crippen molar-refractivity contribution in [1.29, 1.82) is 0 Å². The van der Waals surface area contributed by atoms with Crippen LogP contribution in [0.1, 0.15) is 37.8 Å². The van der Waals surface area contributed by atoms with Crippen LogP contribution in [0.25, 0.3) is 0 Å². The van der Waals surface area contributed by atoms with Gasteiger partial charge in [-0.3, -0.25) is 4.90 Å². The van der Waals surface area contributed by atoms with E-state index in [9.17, 15) is 0 Å². The molecule has 0 radical (unpaired) electrons. The van der Waals surface area contributed by atoms with Gasteiger partial charge in [0.2, 0.25) is 0 Å². The fraction of sp³-hybridized carbons (Fsp3) is 0.647. The Kier molecular flexibility index (Phi) is 3.64. The van der Waals surface area contributed by atoms with Crippen LogP contribution >= 0.6 is 0 Å². The molecule has 4 atom stereocenters. The molecule has 2 nitrogen and oxygen atoms in total. The van der Waals surface area contributed by atoms with Crippen molar-refractivity contribution in [3.05, 3.63) is 35.4 Å². The number of hydrogen-bond acceptors (Lipinski definition) is 2. The molecule has 1 saturated heterocycles. The molecule has 0 spiro atoms. The normalized spacial score (nSPS) is 35.9. The highest BCUT2D eigenvalue weighted by Gasteiger charge is 2.35. The molecule has 1 aliphatic heterocycles. The largest absolute Gasteiger partial charge is 0.327 e. The van der Waals surface area contributed by atoms with Crippen molar-refractivity contribution < 1.29 is 0 Å². The van der Waals surface area contributed by atoms with E-state index in [0.29, 0.717) is 18.0 Å². The minimum absolute atomic E-state index is 0.391. The first-order valence-corrected chi connectivity index (χ1v) is 7.75. The minimum atomic E-state index is 0.391. The summed E-state index contributed by atoms with van der Waals surface area (Å²) in [6.07, 6.45) is 4.93. The predicted octanol–water partition coefficient (Wildman–Crippen LogP) is 2.60. The Morgan fingerprint density at radius 1 is 1.11 bits per heavy atom. The molecule has 4 unspecified atom stereocenters. The Hall–Kier alpha value is -0.860. The molecule has 0 amide bonds. The van der Waals surface area contributed by atoms with E-state index in [1.54, 1.807) is 11.1 Å². The van der Waals surface area contributed by atoms with Crippen molar-refractivity contribution in [2.75, 3.05) is 6.54 Å². The van der Waals surface area contributed by atoms with Crippen molar-refractivity contribution >= 4 is 0 Å². The van der Waals surface area contributed by atoms with Crippen molar-refractivity contribution in [2.24, 2.45) is 11.7 Å². The first-order chi connectivity index (χ1) is 9.16. The molecule has 1 aromatic carbocycles. The molecule has 2 N–H and O–H groups in total. The zero-order chi connectivity index (χ0) is 13.4. The summed E-state index contributed by atoms with van der Waals surface area (Å²) < 4.78 is 0. The van der Waals surface area contributed by atoms with Crippen LogP contribution in [0.3, 0.4) is 0 Å². The molecule has 2 aliphatic rings. The van der Waals surface area contributed by atoms with Gasteiger partial charge in [-0.05, 0) is 49.7 Å². The molecule has 1 aliphatic carbocycles. The number of rotatable bonds is 1. The van der Waals surface area contributed by atoms with Crippen molar-refractivity contribution in [3.63, 3.8) is 0 Å². The van der Waals surface area contributed by atoms with Gasteiger partial charge in [0.1, 0.15) is 0 Å². The summed E-state index contributed by atoms with van der Waals surface area (Å²) in [4.78, 5) is 2.73. The van der Waals surface area contributed by atoms with Crippen molar-refractivity contribution in [1.82, 2.24) is 4.90 Å². The molecule has 2 heteroatoms. The van der Waals surface area contributed by atoms with Gasteiger partial charge in [0, 0.05) is 24.7 Å². The van der Waals surface area contributed by atoms with E-state index in [2.05, 4.69) is 43.0 Å². The first kappa shape index (κ1) is 13.1. The quantitative estimate of drug-likeness (QED) is 0.839. The van der Waals surface area contributed by atoms with Gasteiger partial charge in [-0.15, -0.1) is 0 Å². The third-order valence-corrected chi connectivity index (χ3v) is 5.47. The van der Waals surface area contributed by atoms with Gasteiger partial charge in [-0.25, -0.2) is 0 Å². The second-order valence-corrected chi connectivity index (χ2v) is 6.46. The van der Waals surface area contributed by atoms with Gasteiger partial charge >= 0.3 is 0 Å². The second-order valence-electron chi connectivity index (χ2n) is 6.46. The molecule has 19 heavy (non-hydrogen) atoms. The summed E-state index contributed by atoms with van der Waals surface area (Å²) in [6, 6.07) is 10.7. The van der Waals surface area contributed by atoms with Crippen molar-refractivity contribution in [3.8, 4) is 0 Å². The predicted molar refractivity (Wildman–Crippen MR) is 80.2 cm³/mol. The zero-order valence-corrected chi connectivity index (χ0v) is 12.2. The average Bonchev–Trinajstić information content (AvgIpc) is 2.44. The van der Waals surface area contributed by atoms with E-state index in [-0.39, 0.29) is 0 Å². The number of piperidine rings is 1. The maximum atomic E-state index is 6.21. The molecule has 1 fully saturated rings. The maximum absolute atomic E-state index is 6.21. The molecule has 0 bridgehead atoms. The highest BCUT2D eigenvalue weighted by atomic mass is 15.2. The Labute approximate surface area is 117 Å². The summed E-state index contributed by atoms with van der Waals surface area (Å²) in [7, 11) is 0. The lowest BCUT2D eigenvalue weighted by Crippen LogP contribution is -2.56. The molecule has 1 heterocycles. The summed E-state index contributed by atoms with van der Waals surface area (Å²) in [5, 5.41) is 0. The number of fused-ring (bicyclic) bond motifs is 1. The summed E-state index contributed by atoms with van der Waals surface area (Å²) >= 11 is 0. The van der Waals surface area contributed by atoms with Gasteiger partial charge in [-0.2, -0.15) is 0 Å². The number of likely N-dealkylation sites (tertiary alicyclic amines) is 1. The van der Waals surface area contributed by atoms with E-state index in [1.807, 2.05) is 0 Å². The number of aryl methyl sites for hydroxylation is 1. The molecule has 0 aromatic heterocycles. The summed E-state index contributed by atoms with van der Waals surface area (Å²) in [6.45, 7) is 5.86. The van der Waals surface area contributed by atoms with E-state index in [4.69, 9.17) is 5.73 Å². The lowest BCUT2D eigenvalue weighted by molar-refractivity contribution is 0.0502. The van der Waals surface area contributed by atoms with Gasteiger partial charge in [0.05, 0.1) is 0 Å². The van der Waals surface area contributed by atoms with Crippen LogP contribution in [0.5, 0.6) is 0 Å². The number of hydrogen-bond donors (Lipinski definition) is 1. The molecule has 0 saturated carbocycles. The Morgan fingerprint density at radius 2 is 1.84 bits per heavy atom. The van der Waals surface area contributed by atoms with E-state index in [1.165, 1.54) is 25.8 Å². The topological polar surface area (TPSA) is 29.3 Å². The third kappa shape index (κ3) is 2.44. The molecule has 104 valence electrons. The van der Waals surface area contributed by atoms with E-state index < -0.39 is 0 Å². The van der Waals surface area contributed by atoms with Crippen LogP contribution < -0.4 is 5.73 Å². The van der Waals surface area contributed by atoms with Crippen LogP contribution in [-0.2, 0) is 12.8 Å². The fourth-order valence-corrected chi connectivity index (χ4v) is 3.90. The Bertz CT molecular complexity index is 443. The molecule has 1 aromatic rings. The Morgan fingerprint density at radius 3 is 2.63 bits per heavy atom. The van der Waals surface area contributed by atoms with Crippen LogP contribution in [0.2, 0.25) is 0 Å². The SMILES string of the molecule is CC1C(N)CCN(C2CCc3ccccc3C2)C1C. The number of nitrogens with two attached hydrogens (primary N) is 1. The fourth-order valence-electron chi connectivity index (χ4n) is 3.90. The molecule has 3 rings (SSSR count). The number of benzene rings is 1. The van der Waals surface area contributed by atoms with Crippen molar-refractivity contribution in [2.45, 2.75) is 57.7 Å². The maximum Gasteiger partial charge on any atom is 0.0142 e. The first-order valence-electron chi connectivity index (χ1n) is 7.75. The zero-order valence-electron chi connectivity index (χ0n) is 12.2. The summed E-state index contributed by atoms with van der Waals surface area (Å²) in [5.41, 5.74) is 9.34. The molecular formula is C17H26N2. The minimum Gasteiger partial charge on any atom is -0.327 e. The molecular weight excluding hydrogens is 232 g/mol. The highest BCUT2D eigenvalue weighted by molar-refractivity contribution is 5.30. The van der Waals surface area contributed by atoms with Gasteiger partial charge in [0.15, 0.2) is 0 Å².